The van der Waals surface area contributed by atoms with Gasteiger partial charge in [0.2, 0.25) is 0 Å². The molecule has 2 rings (SSSR count). The molecule has 7 heteroatoms. The number of aryl methyl sites for hydroxylation is 1. The number of nitrogens with zero attached hydrogens (tertiary/aromatic N) is 2. The summed E-state index contributed by atoms with van der Waals surface area (Å²) in [4.78, 5) is 5.55. The van der Waals surface area contributed by atoms with Crippen molar-refractivity contribution in [2.75, 3.05) is 26.2 Å². The molecule has 0 aromatic carbocycles. The molecule has 0 aliphatic carbocycles. The topological polar surface area (TPSA) is 68.6 Å². The van der Waals surface area contributed by atoms with Gasteiger partial charge in [-0.15, -0.1) is 0 Å². The lowest BCUT2D eigenvalue weighted by Crippen LogP contribution is -2.47. The highest BCUT2D eigenvalue weighted by Crippen LogP contribution is 2.37. The highest BCUT2D eigenvalue weighted by Gasteiger charge is 2.34. The van der Waals surface area contributed by atoms with Crippen LogP contribution in [0.3, 0.4) is 0 Å². The molecule has 0 saturated carbocycles. The van der Waals surface area contributed by atoms with E-state index in [2.05, 4.69) is 10.3 Å². The lowest BCUT2D eigenvalue weighted by Gasteiger charge is -2.35. The van der Waals surface area contributed by atoms with Gasteiger partial charge in [0.15, 0.2) is 0 Å². The van der Waals surface area contributed by atoms with Gasteiger partial charge in [-0.2, -0.15) is 0 Å². The van der Waals surface area contributed by atoms with Crippen LogP contribution in [0.2, 0.25) is 0 Å². The maximum Gasteiger partial charge on any atom is 0.258 e. The van der Waals surface area contributed by atoms with Crippen molar-refractivity contribution < 1.29 is 19.0 Å². The van der Waals surface area contributed by atoms with Gasteiger partial charge in [0.25, 0.3) is 6.43 Å². The van der Waals surface area contributed by atoms with Crippen LogP contribution in [0, 0.1) is 6.92 Å². The number of piperazine rings is 1. The Morgan fingerprint density at radius 2 is 2.05 bits per heavy atom. The third-order valence-corrected chi connectivity index (χ3v) is 3.61. The van der Waals surface area contributed by atoms with Gasteiger partial charge in [-0.3, -0.25) is 9.88 Å². The van der Waals surface area contributed by atoms with Crippen LogP contribution in [0.4, 0.5) is 8.78 Å². The molecule has 1 aromatic heterocycles. The van der Waals surface area contributed by atoms with Crippen LogP contribution in [0.1, 0.15) is 22.9 Å². The number of aliphatic hydroxyl groups is 1. The molecule has 1 atom stereocenters. The Bertz CT molecular complexity index is 465. The maximum absolute atomic E-state index is 13.5. The molecule has 0 bridgehead atoms. The molecule has 1 saturated heterocycles. The molecule has 112 valence electrons. The largest absolute Gasteiger partial charge is 0.506 e. The number of aromatic nitrogens is 1. The number of hydrogen-bond acceptors (Lipinski definition) is 5. The van der Waals surface area contributed by atoms with E-state index < -0.39 is 19.1 Å². The summed E-state index contributed by atoms with van der Waals surface area (Å²) in [6.45, 7) is 3.33. The van der Waals surface area contributed by atoms with Crippen LogP contribution in [0.15, 0.2) is 6.20 Å². The second kappa shape index (κ2) is 6.43. The lowest BCUT2D eigenvalue weighted by molar-refractivity contribution is 0.0159. The second-order valence-corrected chi connectivity index (χ2v) is 4.85. The smallest absolute Gasteiger partial charge is 0.258 e. The molecule has 0 amide bonds. The zero-order valence-corrected chi connectivity index (χ0v) is 11.3. The maximum atomic E-state index is 13.5. The number of halogens is 2. The van der Waals surface area contributed by atoms with Crippen molar-refractivity contribution in [1.29, 1.82) is 0 Å². The number of alkyl halides is 2. The van der Waals surface area contributed by atoms with E-state index in [9.17, 15) is 19.0 Å². The minimum absolute atomic E-state index is 0.0944. The third-order valence-electron chi connectivity index (χ3n) is 3.61. The zero-order chi connectivity index (χ0) is 14.7. The standard InChI is InChI=1S/C13H19F2N3O2/c1-8-12(20)10(9(7-19)6-17-8)11(13(14)15)18-4-2-16-3-5-18/h6,11,13,16,19-20H,2-5,7H2,1H3/t11-/m0/s1. The van der Waals surface area contributed by atoms with E-state index in [0.717, 1.165) is 0 Å². The minimum Gasteiger partial charge on any atom is -0.506 e. The molecule has 1 aliphatic heterocycles. The Morgan fingerprint density at radius 3 is 2.60 bits per heavy atom. The summed E-state index contributed by atoms with van der Waals surface area (Å²) in [5.41, 5.74) is 0.631. The van der Waals surface area contributed by atoms with Crippen molar-refractivity contribution in [3.63, 3.8) is 0 Å². The molecule has 1 aromatic rings. The van der Waals surface area contributed by atoms with Gasteiger partial charge < -0.3 is 15.5 Å². The molecule has 3 N–H and O–H groups in total. The number of nitrogens with one attached hydrogen (secondary N) is 1. The van der Waals surface area contributed by atoms with Crippen molar-refractivity contribution in [3.05, 3.63) is 23.0 Å². The van der Waals surface area contributed by atoms with Gasteiger partial charge in [0.1, 0.15) is 11.8 Å². The van der Waals surface area contributed by atoms with Crippen molar-refractivity contribution in [2.24, 2.45) is 0 Å². The molecule has 0 radical (unpaired) electrons. The van der Waals surface area contributed by atoms with Crippen molar-refractivity contribution >= 4 is 0 Å². The Labute approximate surface area is 116 Å². The van der Waals surface area contributed by atoms with E-state index in [1.165, 1.54) is 6.20 Å². The molecule has 1 fully saturated rings. The van der Waals surface area contributed by atoms with Gasteiger partial charge in [-0.05, 0) is 6.92 Å². The quantitative estimate of drug-likeness (QED) is 0.764. The van der Waals surface area contributed by atoms with Crippen LogP contribution in [-0.4, -0.2) is 52.7 Å². The van der Waals surface area contributed by atoms with Crippen LogP contribution >= 0.6 is 0 Å². The van der Waals surface area contributed by atoms with E-state index in [1.807, 2.05) is 0 Å². The van der Waals surface area contributed by atoms with Gasteiger partial charge >= 0.3 is 0 Å². The van der Waals surface area contributed by atoms with E-state index in [4.69, 9.17) is 0 Å². The molecule has 0 unspecified atom stereocenters. The SMILES string of the molecule is Cc1ncc(CO)c([C@@H](C(F)F)N2CCNCC2)c1O. The van der Waals surface area contributed by atoms with Gasteiger partial charge in [0, 0.05) is 43.5 Å². The summed E-state index contributed by atoms with van der Waals surface area (Å²) in [6.07, 6.45) is -1.30. The fourth-order valence-corrected chi connectivity index (χ4v) is 2.54. The number of hydrogen-bond donors (Lipinski definition) is 3. The van der Waals surface area contributed by atoms with Crippen LogP contribution in [0.25, 0.3) is 0 Å². The molecular formula is C13H19F2N3O2. The number of aliphatic hydroxyl groups excluding tert-OH is 1. The first-order chi connectivity index (χ1) is 9.56. The average molecular weight is 287 g/mol. The van der Waals surface area contributed by atoms with Crippen LogP contribution in [-0.2, 0) is 6.61 Å². The molecule has 20 heavy (non-hydrogen) atoms. The summed E-state index contributed by atoms with van der Waals surface area (Å²) in [5, 5.41) is 22.5. The van der Waals surface area contributed by atoms with E-state index in [-0.39, 0.29) is 22.6 Å². The van der Waals surface area contributed by atoms with Crippen molar-refractivity contribution in [1.82, 2.24) is 15.2 Å². The minimum atomic E-state index is -2.65. The van der Waals surface area contributed by atoms with Crippen molar-refractivity contribution in [2.45, 2.75) is 26.0 Å². The molecule has 2 heterocycles. The third kappa shape index (κ3) is 2.89. The summed E-state index contributed by atoms with van der Waals surface area (Å²) < 4.78 is 27.0. The highest BCUT2D eigenvalue weighted by atomic mass is 19.3. The fourth-order valence-electron chi connectivity index (χ4n) is 2.54. The average Bonchev–Trinajstić information content (AvgIpc) is 2.45. The molecule has 5 nitrogen and oxygen atoms in total. The Morgan fingerprint density at radius 1 is 1.40 bits per heavy atom. The van der Waals surface area contributed by atoms with Gasteiger partial charge in [-0.1, -0.05) is 0 Å². The Balaban J connectivity index is 2.45. The van der Waals surface area contributed by atoms with E-state index >= 15 is 0 Å². The van der Waals surface area contributed by atoms with E-state index in [0.29, 0.717) is 26.2 Å². The van der Waals surface area contributed by atoms with Gasteiger partial charge in [0.05, 0.1) is 12.3 Å². The highest BCUT2D eigenvalue weighted by molar-refractivity contribution is 5.43. The van der Waals surface area contributed by atoms with Crippen LogP contribution < -0.4 is 5.32 Å². The van der Waals surface area contributed by atoms with Gasteiger partial charge in [-0.25, -0.2) is 8.78 Å². The monoisotopic (exact) mass is 287 g/mol. The molecule has 1 aliphatic rings. The number of pyridine rings is 1. The second-order valence-electron chi connectivity index (χ2n) is 4.85. The van der Waals surface area contributed by atoms with Crippen molar-refractivity contribution in [3.8, 4) is 5.75 Å². The summed E-state index contributed by atoms with van der Waals surface area (Å²) in [7, 11) is 0. The first-order valence-electron chi connectivity index (χ1n) is 6.57. The molecular weight excluding hydrogens is 268 g/mol. The fraction of sp³-hybridized carbons (Fsp3) is 0.615. The molecule has 0 spiro atoms. The first kappa shape index (κ1) is 15.1. The predicted octanol–water partition coefficient (Wildman–Crippen LogP) is 0.799. The normalized spacial score (nSPS) is 18.4. The Hall–Kier alpha value is -1.31. The van der Waals surface area contributed by atoms with E-state index in [1.54, 1.807) is 11.8 Å². The lowest BCUT2D eigenvalue weighted by atomic mass is 9.98. The summed E-state index contributed by atoms with van der Waals surface area (Å²) in [6, 6.07) is -1.22. The number of aromatic hydroxyl groups is 1. The summed E-state index contributed by atoms with van der Waals surface area (Å²) >= 11 is 0. The Kier molecular flexibility index (Phi) is 4.85. The zero-order valence-electron chi connectivity index (χ0n) is 11.3. The summed E-state index contributed by atoms with van der Waals surface area (Å²) in [5.74, 6) is -0.250. The first-order valence-corrected chi connectivity index (χ1v) is 6.57. The van der Waals surface area contributed by atoms with Crippen LogP contribution in [0.5, 0.6) is 5.75 Å². The predicted molar refractivity (Wildman–Crippen MR) is 69.7 cm³/mol. The number of rotatable bonds is 4.